The lowest BCUT2D eigenvalue weighted by molar-refractivity contribution is -0.136. The predicted molar refractivity (Wildman–Crippen MR) is 114 cm³/mol. The van der Waals surface area contributed by atoms with Gasteiger partial charge < -0.3 is 19.2 Å². The summed E-state index contributed by atoms with van der Waals surface area (Å²) in [5, 5.41) is 6.94. The third-order valence-electron chi connectivity index (χ3n) is 6.79. The molecule has 0 bridgehead atoms. The first-order valence-corrected chi connectivity index (χ1v) is 11.2. The van der Waals surface area contributed by atoms with Crippen LogP contribution in [0.3, 0.4) is 0 Å². The summed E-state index contributed by atoms with van der Waals surface area (Å²) in [5.41, 5.74) is 0.657. The van der Waals surface area contributed by atoms with Crippen molar-refractivity contribution in [3.05, 3.63) is 41.2 Å². The van der Waals surface area contributed by atoms with Gasteiger partial charge in [0.05, 0.1) is 24.9 Å². The van der Waals surface area contributed by atoms with Gasteiger partial charge in [0.15, 0.2) is 0 Å². The Morgan fingerprint density at radius 3 is 2.62 bits per heavy atom. The second-order valence-electron chi connectivity index (χ2n) is 8.76. The Morgan fingerprint density at radius 1 is 1.28 bits per heavy atom. The van der Waals surface area contributed by atoms with Crippen molar-refractivity contribution >= 4 is 17.8 Å². The summed E-state index contributed by atoms with van der Waals surface area (Å²) < 4.78 is 10.5. The average Bonchev–Trinajstić information content (AvgIpc) is 3.47. The molecule has 1 unspecified atom stereocenters. The molecule has 9 nitrogen and oxygen atoms in total. The van der Waals surface area contributed by atoms with E-state index in [0.717, 1.165) is 17.7 Å². The van der Waals surface area contributed by atoms with Crippen molar-refractivity contribution in [3.8, 4) is 0 Å². The molecule has 0 aromatic carbocycles. The minimum absolute atomic E-state index is 0.0244. The monoisotopic (exact) mass is 442 g/mol. The zero-order valence-electron chi connectivity index (χ0n) is 18.8. The molecule has 172 valence electrons. The molecule has 1 N–H and O–H groups in total. The highest BCUT2D eigenvalue weighted by molar-refractivity contribution is 6.07. The molecule has 0 saturated carbocycles. The van der Waals surface area contributed by atoms with E-state index in [2.05, 4.69) is 10.5 Å². The van der Waals surface area contributed by atoms with Crippen molar-refractivity contribution < 1.29 is 23.3 Å². The fourth-order valence-electron chi connectivity index (χ4n) is 5.03. The van der Waals surface area contributed by atoms with E-state index in [0.29, 0.717) is 43.9 Å². The summed E-state index contributed by atoms with van der Waals surface area (Å²) in [5.74, 6) is 1.05. The van der Waals surface area contributed by atoms with Gasteiger partial charge in [-0.2, -0.15) is 0 Å². The fraction of sp³-hybridized carbons (Fsp3) is 0.565. The van der Waals surface area contributed by atoms with Gasteiger partial charge in [-0.15, -0.1) is 0 Å². The summed E-state index contributed by atoms with van der Waals surface area (Å²) in [7, 11) is 0. The molecule has 2 aliphatic heterocycles. The van der Waals surface area contributed by atoms with E-state index < -0.39 is 5.54 Å². The zero-order chi connectivity index (χ0) is 22.9. The normalized spacial score (nSPS) is 22.0. The lowest BCUT2D eigenvalue weighted by Gasteiger charge is -2.41. The van der Waals surface area contributed by atoms with Crippen LogP contribution in [0.4, 0.5) is 4.79 Å². The number of aromatic nitrogens is 1. The van der Waals surface area contributed by atoms with Crippen LogP contribution in [-0.2, 0) is 22.6 Å². The smallest absolute Gasteiger partial charge is 0.325 e. The van der Waals surface area contributed by atoms with Crippen LogP contribution in [0.15, 0.2) is 27.3 Å². The fourth-order valence-corrected chi connectivity index (χ4v) is 5.03. The van der Waals surface area contributed by atoms with Crippen LogP contribution in [0, 0.1) is 19.8 Å². The van der Waals surface area contributed by atoms with Gasteiger partial charge >= 0.3 is 6.03 Å². The van der Waals surface area contributed by atoms with Gasteiger partial charge in [0, 0.05) is 18.7 Å². The van der Waals surface area contributed by atoms with Crippen molar-refractivity contribution in [1.29, 1.82) is 0 Å². The van der Waals surface area contributed by atoms with E-state index in [4.69, 9.17) is 8.94 Å². The van der Waals surface area contributed by atoms with E-state index in [-0.39, 0.29) is 36.7 Å². The highest BCUT2D eigenvalue weighted by Gasteiger charge is 2.55. The quantitative estimate of drug-likeness (QED) is 0.661. The molecule has 0 aliphatic carbocycles. The number of carbonyl (C=O) groups excluding carboxylic acids is 3. The van der Waals surface area contributed by atoms with Gasteiger partial charge in [0.2, 0.25) is 5.91 Å². The van der Waals surface area contributed by atoms with Crippen LogP contribution >= 0.6 is 0 Å². The lowest BCUT2D eigenvalue weighted by atomic mass is 9.74. The van der Waals surface area contributed by atoms with Crippen LogP contribution in [0.5, 0.6) is 0 Å². The van der Waals surface area contributed by atoms with Crippen molar-refractivity contribution in [2.24, 2.45) is 5.92 Å². The van der Waals surface area contributed by atoms with Crippen LogP contribution < -0.4 is 5.32 Å². The molecule has 4 rings (SSSR count). The number of imide groups is 1. The van der Waals surface area contributed by atoms with Crippen LogP contribution in [0.2, 0.25) is 0 Å². The molecule has 2 aliphatic rings. The molecule has 4 heterocycles. The number of likely N-dealkylation sites (tertiary alicyclic amines) is 1. The summed E-state index contributed by atoms with van der Waals surface area (Å²) in [4.78, 5) is 42.1. The van der Waals surface area contributed by atoms with Gasteiger partial charge in [0.1, 0.15) is 17.1 Å². The standard InChI is InChI=1S/C23H30N4O5/c1-4-9-23(21(29)27(22(30)24-23)14-18-6-5-12-31-18)17-7-10-26(11-8-17)20(28)13-19-15(2)25-32-16(19)3/h5-6,12,17H,4,7-11,13-14H2,1-3H3,(H,24,30). The molecule has 9 heteroatoms. The Hall–Kier alpha value is -3.10. The highest BCUT2D eigenvalue weighted by Crippen LogP contribution is 2.37. The summed E-state index contributed by atoms with van der Waals surface area (Å²) >= 11 is 0. The second-order valence-corrected chi connectivity index (χ2v) is 8.76. The molecule has 2 aromatic heterocycles. The van der Waals surface area contributed by atoms with Crippen LogP contribution in [0.1, 0.15) is 55.4 Å². The number of hydrogen-bond donors (Lipinski definition) is 1. The minimum Gasteiger partial charge on any atom is -0.467 e. The van der Waals surface area contributed by atoms with E-state index in [1.165, 1.54) is 11.2 Å². The van der Waals surface area contributed by atoms with Gasteiger partial charge in [-0.1, -0.05) is 18.5 Å². The number of rotatable bonds is 7. The topological polar surface area (TPSA) is 109 Å². The molecule has 2 aromatic rings. The maximum atomic E-state index is 13.5. The lowest BCUT2D eigenvalue weighted by Crippen LogP contribution is -2.56. The number of amides is 4. The molecule has 0 spiro atoms. The molecule has 1 atom stereocenters. The van der Waals surface area contributed by atoms with Gasteiger partial charge in [-0.05, 0) is 51.2 Å². The first-order chi connectivity index (χ1) is 15.4. The Kier molecular flexibility index (Phi) is 6.08. The summed E-state index contributed by atoms with van der Waals surface area (Å²) in [6.45, 7) is 6.89. The first kappa shape index (κ1) is 22.1. The van der Waals surface area contributed by atoms with Crippen molar-refractivity contribution in [3.63, 3.8) is 0 Å². The van der Waals surface area contributed by atoms with Gasteiger partial charge in [-0.3, -0.25) is 14.5 Å². The highest BCUT2D eigenvalue weighted by atomic mass is 16.5. The zero-order valence-corrected chi connectivity index (χ0v) is 18.8. The van der Waals surface area contributed by atoms with Crippen molar-refractivity contribution in [2.45, 2.75) is 65.0 Å². The second kappa shape index (κ2) is 8.80. The number of urea groups is 1. The van der Waals surface area contributed by atoms with E-state index in [1.54, 1.807) is 12.1 Å². The number of aryl methyl sites for hydroxylation is 2. The molecule has 2 fully saturated rings. The van der Waals surface area contributed by atoms with Crippen molar-refractivity contribution in [2.75, 3.05) is 13.1 Å². The Balaban J connectivity index is 1.44. The molecule has 0 radical (unpaired) electrons. The van der Waals surface area contributed by atoms with Gasteiger partial charge in [0.25, 0.3) is 5.91 Å². The summed E-state index contributed by atoms with van der Waals surface area (Å²) in [6, 6.07) is 3.11. The van der Waals surface area contributed by atoms with Crippen LogP contribution in [-0.4, -0.2) is 51.4 Å². The molecular formula is C23H30N4O5. The van der Waals surface area contributed by atoms with E-state index in [1.807, 2.05) is 25.7 Å². The third-order valence-corrected chi connectivity index (χ3v) is 6.79. The van der Waals surface area contributed by atoms with Gasteiger partial charge in [-0.25, -0.2) is 4.79 Å². The largest absolute Gasteiger partial charge is 0.467 e. The SMILES string of the molecule is CCCC1(C2CCN(C(=O)Cc3c(C)noc3C)CC2)NC(=O)N(Cc2ccco2)C1=O. The van der Waals surface area contributed by atoms with E-state index >= 15 is 0 Å². The predicted octanol–water partition coefficient (Wildman–Crippen LogP) is 2.96. The maximum absolute atomic E-state index is 13.5. The molecule has 2 saturated heterocycles. The number of furan rings is 1. The number of nitrogens with one attached hydrogen (secondary N) is 1. The molecule has 32 heavy (non-hydrogen) atoms. The van der Waals surface area contributed by atoms with E-state index in [9.17, 15) is 14.4 Å². The number of nitrogens with zero attached hydrogens (tertiary/aromatic N) is 3. The van der Waals surface area contributed by atoms with Crippen molar-refractivity contribution in [1.82, 2.24) is 20.3 Å². The molecule has 4 amide bonds. The average molecular weight is 443 g/mol. The number of carbonyl (C=O) groups is 3. The Labute approximate surface area is 187 Å². The number of piperidine rings is 1. The first-order valence-electron chi connectivity index (χ1n) is 11.2. The molecular weight excluding hydrogens is 412 g/mol. The maximum Gasteiger partial charge on any atom is 0.325 e. The Morgan fingerprint density at radius 2 is 2.03 bits per heavy atom. The number of hydrogen-bond acceptors (Lipinski definition) is 6. The third kappa shape index (κ3) is 3.91. The van der Waals surface area contributed by atoms with Crippen LogP contribution in [0.25, 0.3) is 0 Å². The minimum atomic E-state index is -0.921. The summed E-state index contributed by atoms with van der Waals surface area (Å²) in [6.07, 6.45) is 4.46. The Bertz CT molecular complexity index is 971.